The zero-order valence-corrected chi connectivity index (χ0v) is 12.4. The van der Waals surface area contributed by atoms with Crippen molar-refractivity contribution >= 4 is 17.3 Å². The normalized spacial score (nSPS) is 16.1. The van der Waals surface area contributed by atoms with Crippen molar-refractivity contribution in [2.75, 3.05) is 0 Å². The molecule has 0 bridgehead atoms. The second-order valence-electron chi connectivity index (χ2n) is 4.58. The van der Waals surface area contributed by atoms with Crippen LogP contribution in [0.4, 0.5) is 4.39 Å². The van der Waals surface area contributed by atoms with E-state index in [-0.39, 0.29) is 5.83 Å². The van der Waals surface area contributed by atoms with Gasteiger partial charge in [0.25, 0.3) is 0 Å². The van der Waals surface area contributed by atoms with Crippen molar-refractivity contribution in [1.29, 1.82) is 0 Å². The summed E-state index contributed by atoms with van der Waals surface area (Å²) >= 11 is 1.71. The molecule has 1 aliphatic rings. The Morgan fingerprint density at radius 1 is 1.42 bits per heavy atom. The molecule has 1 nitrogen and oxygen atoms in total. The first-order valence-electron chi connectivity index (χ1n) is 6.48. The van der Waals surface area contributed by atoms with Gasteiger partial charge in [0, 0.05) is 0 Å². The molecule has 19 heavy (non-hydrogen) atoms. The molecule has 0 N–H and O–H groups in total. The van der Waals surface area contributed by atoms with Gasteiger partial charge in [0.15, 0.2) is 0 Å². The molecule has 0 saturated carbocycles. The Bertz CT molecular complexity index is 566. The zero-order valence-electron chi connectivity index (χ0n) is 11.5. The number of thioether (sulfide) groups is 1. The predicted molar refractivity (Wildman–Crippen MR) is 80.7 cm³/mol. The lowest BCUT2D eigenvalue weighted by molar-refractivity contribution is 0.640. The monoisotopic (exact) mass is 275 g/mol. The molecule has 1 aromatic heterocycles. The van der Waals surface area contributed by atoms with Gasteiger partial charge < -0.3 is 0 Å². The van der Waals surface area contributed by atoms with Gasteiger partial charge in [-0.3, -0.25) is 0 Å². The SMILES string of the molecule is CC/C(=C\C=C(/C)F)c1ccc2c(n1)SC(C)=CC2. The third-order valence-corrected chi connectivity index (χ3v) is 4.07. The number of pyridine rings is 1. The van der Waals surface area contributed by atoms with Crippen molar-refractivity contribution in [3.8, 4) is 0 Å². The van der Waals surface area contributed by atoms with Gasteiger partial charge in [-0.2, -0.15) is 0 Å². The number of fused-ring (bicyclic) bond motifs is 1. The molecule has 0 atom stereocenters. The van der Waals surface area contributed by atoms with Crippen LogP contribution in [-0.4, -0.2) is 4.98 Å². The number of rotatable bonds is 3. The van der Waals surface area contributed by atoms with Crippen LogP contribution in [0.5, 0.6) is 0 Å². The molecule has 0 aliphatic carbocycles. The van der Waals surface area contributed by atoms with E-state index in [4.69, 9.17) is 4.98 Å². The molecule has 2 heterocycles. The highest BCUT2D eigenvalue weighted by Crippen LogP contribution is 2.34. The van der Waals surface area contributed by atoms with Gasteiger partial charge in [0.05, 0.1) is 11.5 Å². The molecule has 0 saturated heterocycles. The fraction of sp³-hybridized carbons (Fsp3) is 0.312. The Labute approximate surface area is 118 Å². The Morgan fingerprint density at radius 3 is 2.89 bits per heavy atom. The molecule has 0 spiro atoms. The van der Waals surface area contributed by atoms with Gasteiger partial charge >= 0.3 is 0 Å². The van der Waals surface area contributed by atoms with Gasteiger partial charge in [0.1, 0.15) is 5.03 Å². The van der Waals surface area contributed by atoms with E-state index in [1.54, 1.807) is 11.8 Å². The summed E-state index contributed by atoms with van der Waals surface area (Å²) in [7, 11) is 0. The number of halogens is 1. The standard InChI is InChI=1S/C16H18FNS/c1-4-13(7-5-11(2)17)15-10-9-14-8-6-12(3)19-16(14)18-15/h5-7,9-10H,4,8H2,1-3H3/b11-5+,13-7+. The number of aromatic nitrogens is 1. The summed E-state index contributed by atoms with van der Waals surface area (Å²) < 4.78 is 12.8. The van der Waals surface area contributed by atoms with Crippen LogP contribution >= 0.6 is 11.8 Å². The predicted octanol–water partition coefficient (Wildman–Crippen LogP) is 5.30. The Hall–Kier alpha value is -1.35. The maximum atomic E-state index is 12.8. The molecule has 0 aromatic carbocycles. The summed E-state index contributed by atoms with van der Waals surface area (Å²) in [6.45, 7) is 5.62. The Morgan fingerprint density at radius 2 is 2.21 bits per heavy atom. The van der Waals surface area contributed by atoms with Gasteiger partial charge in [-0.05, 0) is 54.9 Å². The minimum absolute atomic E-state index is 0.183. The average Bonchev–Trinajstić information content (AvgIpc) is 2.38. The maximum Gasteiger partial charge on any atom is 0.105 e. The van der Waals surface area contributed by atoms with E-state index >= 15 is 0 Å². The molecule has 100 valence electrons. The summed E-state index contributed by atoms with van der Waals surface area (Å²) in [4.78, 5) is 6.01. The van der Waals surface area contributed by atoms with Gasteiger partial charge in [-0.25, -0.2) is 9.37 Å². The summed E-state index contributed by atoms with van der Waals surface area (Å²) in [5.41, 5.74) is 3.28. The van der Waals surface area contributed by atoms with E-state index in [2.05, 4.69) is 26.0 Å². The van der Waals surface area contributed by atoms with Crippen molar-refractivity contribution in [2.24, 2.45) is 0 Å². The van der Waals surface area contributed by atoms with Crippen LogP contribution < -0.4 is 0 Å². The topological polar surface area (TPSA) is 12.9 Å². The largest absolute Gasteiger partial charge is 0.241 e. The van der Waals surface area contributed by atoms with E-state index in [0.717, 1.165) is 29.1 Å². The van der Waals surface area contributed by atoms with Crippen LogP contribution in [0, 0.1) is 0 Å². The maximum absolute atomic E-state index is 12.8. The van der Waals surface area contributed by atoms with E-state index in [9.17, 15) is 4.39 Å². The van der Waals surface area contributed by atoms with Crippen LogP contribution in [0.1, 0.15) is 38.4 Å². The number of nitrogens with zero attached hydrogens (tertiary/aromatic N) is 1. The average molecular weight is 275 g/mol. The molecule has 3 heteroatoms. The summed E-state index contributed by atoms with van der Waals surface area (Å²) in [5.74, 6) is -0.183. The van der Waals surface area contributed by atoms with E-state index in [1.165, 1.54) is 23.5 Å². The first kappa shape index (κ1) is 14.1. The van der Waals surface area contributed by atoms with Crippen molar-refractivity contribution in [3.63, 3.8) is 0 Å². The van der Waals surface area contributed by atoms with Crippen molar-refractivity contribution in [3.05, 3.63) is 52.4 Å². The molecule has 2 rings (SSSR count). The lowest BCUT2D eigenvalue weighted by atomic mass is 10.1. The van der Waals surface area contributed by atoms with Crippen LogP contribution in [0.2, 0.25) is 0 Å². The van der Waals surface area contributed by atoms with Gasteiger partial charge in [-0.15, -0.1) is 0 Å². The van der Waals surface area contributed by atoms with E-state index in [1.807, 2.05) is 12.1 Å². The van der Waals surface area contributed by atoms with Crippen LogP contribution in [0.15, 0.2) is 46.1 Å². The molecule has 1 aliphatic heterocycles. The molecule has 0 radical (unpaired) electrons. The summed E-state index contributed by atoms with van der Waals surface area (Å²) in [5, 5.41) is 1.08. The third-order valence-electron chi connectivity index (χ3n) is 3.03. The van der Waals surface area contributed by atoms with Crippen LogP contribution in [0.3, 0.4) is 0 Å². The fourth-order valence-corrected chi connectivity index (χ4v) is 2.84. The van der Waals surface area contributed by atoms with E-state index in [0.29, 0.717) is 0 Å². The van der Waals surface area contributed by atoms with Crippen LogP contribution in [0.25, 0.3) is 5.57 Å². The fourth-order valence-electron chi connectivity index (χ4n) is 1.94. The second-order valence-corrected chi connectivity index (χ2v) is 5.82. The quantitative estimate of drug-likeness (QED) is 0.694. The first-order valence-corrected chi connectivity index (χ1v) is 7.29. The van der Waals surface area contributed by atoms with Crippen LogP contribution in [-0.2, 0) is 6.42 Å². The van der Waals surface area contributed by atoms with Gasteiger partial charge in [0.2, 0.25) is 0 Å². The molecular weight excluding hydrogens is 257 g/mol. The smallest absolute Gasteiger partial charge is 0.105 e. The lowest BCUT2D eigenvalue weighted by Crippen LogP contribution is -1.99. The summed E-state index contributed by atoms with van der Waals surface area (Å²) in [6.07, 6.45) is 7.34. The first-order chi connectivity index (χ1) is 9.10. The number of hydrogen-bond acceptors (Lipinski definition) is 2. The second kappa shape index (κ2) is 6.20. The van der Waals surface area contributed by atoms with Crippen molar-refractivity contribution in [1.82, 2.24) is 4.98 Å². The third kappa shape index (κ3) is 3.57. The molecular formula is C16H18FNS. The highest BCUT2D eigenvalue weighted by atomic mass is 32.2. The molecule has 0 unspecified atom stereocenters. The minimum atomic E-state index is -0.183. The van der Waals surface area contributed by atoms with E-state index < -0.39 is 0 Å². The highest BCUT2D eigenvalue weighted by molar-refractivity contribution is 8.03. The summed E-state index contributed by atoms with van der Waals surface area (Å²) in [6, 6.07) is 4.16. The Balaban J connectivity index is 2.34. The number of hydrogen-bond donors (Lipinski definition) is 0. The lowest BCUT2D eigenvalue weighted by Gasteiger charge is -2.14. The minimum Gasteiger partial charge on any atom is -0.241 e. The molecule has 0 amide bonds. The zero-order chi connectivity index (χ0) is 13.8. The number of allylic oxidation sites excluding steroid dienone is 6. The molecule has 0 fully saturated rings. The molecule has 1 aromatic rings. The van der Waals surface area contributed by atoms with Crippen molar-refractivity contribution < 1.29 is 4.39 Å². The van der Waals surface area contributed by atoms with Crippen molar-refractivity contribution in [2.45, 2.75) is 38.6 Å². The Kier molecular flexibility index (Phi) is 4.59. The highest BCUT2D eigenvalue weighted by Gasteiger charge is 2.12. The van der Waals surface area contributed by atoms with Gasteiger partial charge in [-0.1, -0.05) is 36.9 Å².